The second-order valence-corrected chi connectivity index (χ2v) is 7.00. The molecule has 3 nitrogen and oxygen atoms in total. The molecular weight excluding hydrogens is 306 g/mol. The van der Waals surface area contributed by atoms with Crippen molar-refractivity contribution in [3.8, 4) is 11.1 Å². The van der Waals surface area contributed by atoms with Gasteiger partial charge in [-0.1, -0.05) is 23.7 Å². The van der Waals surface area contributed by atoms with E-state index in [-0.39, 0.29) is 0 Å². The molecule has 0 amide bonds. The number of rotatable bonds is 2. The second-order valence-electron chi connectivity index (χ2n) is 6.56. The molecule has 2 unspecified atom stereocenters. The van der Waals surface area contributed by atoms with Gasteiger partial charge >= 0.3 is 0 Å². The van der Waals surface area contributed by atoms with Crippen molar-refractivity contribution < 1.29 is 0 Å². The van der Waals surface area contributed by atoms with Gasteiger partial charge in [0.05, 0.1) is 11.9 Å². The van der Waals surface area contributed by atoms with Gasteiger partial charge < -0.3 is 9.80 Å². The fraction of sp³-hybridized carbons (Fsp3) is 0.421. The summed E-state index contributed by atoms with van der Waals surface area (Å²) in [5.74, 6) is 0. The van der Waals surface area contributed by atoms with E-state index in [2.05, 4.69) is 26.9 Å². The SMILES string of the molecule is Clc1cccc(-c2cncc(N3CCN4CCCC3CC4)c2)c1. The van der Waals surface area contributed by atoms with Crippen LogP contribution in [0.25, 0.3) is 11.1 Å². The third-order valence-electron chi connectivity index (χ3n) is 5.10. The maximum atomic E-state index is 6.14. The Morgan fingerprint density at radius 3 is 2.83 bits per heavy atom. The molecule has 2 saturated heterocycles. The van der Waals surface area contributed by atoms with Crippen LogP contribution in [-0.4, -0.2) is 42.1 Å². The average Bonchev–Trinajstić information content (AvgIpc) is 2.91. The Hall–Kier alpha value is -1.58. The predicted molar refractivity (Wildman–Crippen MR) is 96.1 cm³/mol. The molecule has 0 N–H and O–H groups in total. The highest BCUT2D eigenvalue weighted by Crippen LogP contribution is 2.30. The molecule has 0 saturated carbocycles. The number of hydrogen-bond donors (Lipinski definition) is 0. The molecule has 0 spiro atoms. The molecule has 0 aliphatic carbocycles. The first-order valence-electron chi connectivity index (χ1n) is 8.49. The standard InChI is InChI=1S/C19H22ClN3/c20-17-4-1-3-15(11-17)16-12-19(14-21-13-16)23-10-9-22-7-2-5-18(23)6-8-22/h1,3-4,11-14,18H,2,5-10H2. The third-order valence-corrected chi connectivity index (χ3v) is 5.34. The first-order valence-corrected chi connectivity index (χ1v) is 8.87. The Morgan fingerprint density at radius 1 is 0.957 bits per heavy atom. The highest BCUT2D eigenvalue weighted by Gasteiger charge is 2.27. The van der Waals surface area contributed by atoms with Gasteiger partial charge in [-0.25, -0.2) is 0 Å². The Labute approximate surface area is 142 Å². The van der Waals surface area contributed by atoms with Gasteiger partial charge in [0.25, 0.3) is 0 Å². The van der Waals surface area contributed by atoms with Gasteiger partial charge in [0.2, 0.25) is 0 Å². The molecule has 0 radical (unpaired) electrons. The van der Waals surface area contributed by atoms with E-state index in [1.807, 2.05) is 30.6 Å². The third kappa shape index (κ3) is 3.22. The number of hydrogen-bond acceptors (Lipinski definition) is 3. The zero-order valence-electron chi connectivity index (χ0n) is 13.3. The van der Waals surface area contributed by atoms with E-state index in [0.717, 1.165) is 29.2 Å². The van der Waals surface area contributed by atoms with Crippen LogP contribution in [0.15, 0.2) is 42.7 Å². The van der Waals surface area contributed by atoms with Gasteiger partial charge in [0, 0.05) is 42.5 Å². The summed E-state index contributed by atoms with van der Waals surface area (Å²) in [6, 6.07) is 10.9. The second kappa shape index (κ2) is 6.50. The molecule has 1 aromatic carbocycles. The summed E-state index contributed by atoms with van der Waals surface area (Å²) in [5, 5.41) is 0.769. The molecule has 2 atom stereocenters. The van der Waals surface area contributed by atoms with Crippen LogP contribution in [0.1, 0.15) is 19.3 Å². The van der Waals surface area contributed by atoms with Gasteiger partial charge in [-0.3, -0.25) is 4.98 Å². The van der Waals surface area contributed by atoms with E-state index < -0.39 is 0 Å². The number of anilines is 1. The van der Waals surface area contributed by atoms with Crippen molar-refractivity contribution >= 4 is 17.3 Å². The number of pyridine rings is 1. The fourth-order valence-electron chi connectivity index (χ4n) is 3.86. The van der Waals surface area contributed by atoms with Crippen LogP contribution < -0.4 is 4.90 Å². The highest BCUT2D eigenvalue weighted by molar-refractivity contribution is 6.30. The van der Waals surface area contributed by atoms with Gasteiger partial charge in [0.1, 0.15) is 0 Å². The first kappa shape index (κ1) is 15.0. The molecule has 2 aromatic rings. The minimum absolute atomic E-state index is 0.652. The van der Waals surface area contributed by atoms with E-state index in [1.165, 1.54) is 38.0 Å². The minimum Gasteiger partial charge on any atom is -0.366 e. The van der Waals surface area contributed by atoms with Crippen LogP contribution in [0.2, 0.25) is 5.02 Å². The van der Waals surface area contributed by atoms with E-state index in [4.69, 9.17) is 11.6 Å². The summed E-state index contributed by atoms with van der Waals surface area (Å²) in [6.07, 6.45) is 7.81. The van der Waals surface area contributed by atoms with Gasteiger partial charge in [-0.05, 0) is 49.6 Å². The molecule has 2 fully saturated rings. The molecule has 2 aliphatic heterocycles. The monoisotopic (exact) mass is 327 g/mol. The topological polar surface area (TPSA) is 19.4 Å². The number of benzene rings is 1. The van der Waals surface area contributed by atoms with E-state index in [0.29, 0.717) is 6.04 Å². The molecule has 4 rings (SSSR count). The summed E-state index contributed by atoms with van der Waals surface area (Å²) in [6.45, 7) is 4.77. The lowest BCUT2D eigenvalue weighted by Crippen LogP contribution is -2.39. The van der Waals surface area contributed by atoms with Crippen LogP contribution in [0, 0.1) is 0 Å². The Morgan fingerprint density at radius 2 is 1.91 bits per heavy atom. The summed E-state index contributed by atoms with van der Waals surface area (Å²) in [5.41, 5.74) is 3.52. The molecular formula is C19H22ClN3. The van der Waals surface area contributed by atoms with Crippen LogP contribution in [0.4, 0.5) is 5.69 Å². The Kier molecular flexibility index (Phi) is 4.23. The van der Waals surface area contributed by atoms with Crippen molar-refractivity contribution in [1.29, 1.82) is 0 Å². The lowest BCUT2D eigenvalue weighted by molar-refractivity contribution is 0.298. The predicted octanol–water partition coefficient (Wildman–Crippen LogP) is 4.08. The van der Waals surface area contributed by atoms with Crippen molar-refractivity contribution in [2.24, 2.45) is 0 Å². The normalized spacial score (nSPS) is 24.3. The van der Waals surface area contributed by atoms with Crippen LogP contribution in [0.5, 0.6) is 0 Å². The van der Waals surface area contributed by atoms with Gasteiger partial charge in [-0.15, -0.1) is 0 Å². The van der Waals surface area contributed by atoms with Crippen molar-refractivity contribution in [3.05, 3.63) is 47.7 Å². The molecule has 4 heteroatoms. The molecule has 23 heavy (non-hydrogen) atoms. The number of halogens is 1. The lowest BCUT2D eigenvalue weighted by Gasteiger charge is -2.33. The van der Waals surface area contributed by atoms with Gasteiger partial charge in [-0.2, -0.15) is 0 Å². The number of fused-ring (bicyclic) bond motifs is 3. The summed E-state index contributed by atoms with van der Waals surface area (Å²) in [4.78, 5) is 9.68. The molecule has 2 bridgehead atoms. The lowest BCUT2D eigenvalue weighted by atomic mass is 10.0. The van der Waals surface area contributed by atoms with Crippen LogP contribution in [0.3, 0.4) is 0 Å². The maximum Gasteiger partial charge on any atom is 0.0561 e. The van der Waals surface area contributed by atoms with Crippen molar-refractivity contribution in [1.82, 2.24) is 9.88 Å². The molecule has 3 heterocycles. The number of aromatic nitrogens is 1. The summed E-state index contributed by atoms with van der Waals surface area (Å²) >= 11 is 6.14. The zero-order valence-corrected chi connectivity index (χ0v) is 14.0. The van der Waals surface area contributed by atoms with E-state index >= 15 is 0 Å². The molecule has 2 aliphatic rings. The molecule has 120 valence electrons. The smallest absolute Gasteiger partial charge is 0.0561 e. The first-order chi connectivity index (χ1) is 11.3. The summed E-state index contributed by atoms with van der Waals surface area (Å²) < 4.78 is 0. The van der Waals surface area contributed by atoms with Crippen molar-refractivity contribution in [2.45, 2.75) is 25.3 Å². The Balaban J connectivity index is 1.65. The van der Waals surface area contributed by atoms with E-state index in [9.17, 15) is 0 Å². The highest BCUT2D eigenvalue weighted by atomic mass is 35.5. The summed E-state index contributed by atoms with van der Waals surface area (Å²) in [7, 11) is 0. The largest absolute Gasteiger partial charge is 0.366 e. The molecule has 1 aromatic heterocycles. The van der Waals surface area contributed by atoms with Crippen molar-refractivity contribution in [3.63, 3.8) is 0 Å². The van der Waals surface area contributed by atoms with Crippen LogP contribution >= 0.6 is 11.6 Å². The number of nitrogens with zero attached hydrogens (tertiary/aromatic N) is 3. The maximum absolute atomic E-state index is 6.14. The Bertz CT molecular complexity index is 688. The minimum atomic E-state index is 0.652. The zero-order chi connectivity index (χ0) is 15.6. The van der Waals surface area contributed by atoms with E-state index in [1.54, 1.807) is 0 Å². The average molecular weight is 328 g/mol. The van der Waals surface area contributed by atoms with Crippen molar-refractivity contribution in [2.75, 3.05) is 31.1 Å². The quantitative estimate of drug-likeness (QED) is 0.828. The fourth-order valence-corrected chi connectivity index (χ4v) is 4.05. The van der Waals surface area contributed by atoms with Gasteiger partial charge in [0.15, 0.2) is 0 Å². The van der Waals surface area contributed by atoms with Crippen LogP contribution in [-0.2, 0) is 0 Å².